The Morgan fingerprint density at radius 2 is 1.76 bits per heavy atom. The molecule has 180 valence electrons. The van der Waals surface area contributed by atoms with E-state index in [2.05, 4.69) is 15.3 Å². The molecule has 1 aliphatic rings. The number of pyridine rings is 2. The Bertz CT molecular complexity index is 1250. The zero-order valence-corrected chi connectivity index (χ0v) is 18.4. The molecule has 3 aromatic rings. The summed E-state index contributed by atoms with van der Waals surface area (Å²) in [5.41, 5.74) is 0.280. The van der Waals surface area contributed by atoms with Gasteiger partial charge in [-0.05, 0) is 47.9 Å². The number of aromatic nitrogens is 2. The molecule has 1 aliphatic heterocycles. The normalized spacial score (nSPS) is 19.7. The lowest BCUT2D eigenvalue weighted by Gasteiger charge is -2.35. The van der Waals surface area contributed by atoms with E-state index < -0.39 is 39.9 Å². The number of aliphatic hydroxyl groups is 1. The van der Waals surface area contributed by atoms with Crippen LogP contribution in [0, 0.1) is 5.95 Å². The van der Waals surface area contributed by atoms with Crippen molar-refractivity contribution in [2.45, 2.75) is 29.6 Å². The van der Waals surface area contributed by atoms with Gasteiger partial charge in [0.05, 0.1) is 22.6 Å². The molecule has 12 heteroatoms. The Morgan fingerprint density at radius 3 is 2.35 bits per heavy atom. The number of sulfonamides is 1. The average molecular weight is 496 g/mol. The number of piperidine rings is 1. The van der Waals surface area contributed by atoms with E-state index in [4.69, 9.17) is 0 Å². The fraction of sp³-hybridized carbons (Fsp3) is 0.273. The topological polar surface area (TPSA) is 95.4 Å². The van der Waals surface area contributed by atoms with Gasteiger partial charge in [-0.25, -0.2) is 18.4 Å². The first-order valence-corrected chi connectivity index (χ1v) is 11.7. The molecular weight excluding hydrogens is 476 g/mol. The minimum absolute atomic E-state index is 0.0220. The molecule has 2 atom stereocenters. The summed E-state index contributed by atoms with van der Waals surface area (Å²) in [6, 6.07) is 10.2. The highest BCUT2D eigenvalue weighted by Gasteiger charge is 2.35. The molecule has 0 bridgehead atoms. The third kappa shape index (κ3) is 5.18. The number of benzene rings is 1. The second kappa shape index (κ2) is 9.28. The first-order valence-electron chi connectivity index (χ1n) is 10.2. The van der Waals surface area contributed by atoms with Crippen LogP contribution in [0.1, 0.15) is 12.0 Å². The molecule has 7 nitrogen and oxygen atoms in total. The smallest absolute Gasteiger partial charge is 0.390 e. The van der Waals surface area contributed by atoms with Crippen LogP contribution in [0.2, 0.25) is 0 Å². The van der Waals surface area contributed by atoms with Gasteiger partial charge in [0.1, 0.15) is 5.82 Å². The van der Waals surface area contributed by atoms with E-state index in [0.29, 0.717) is 17.3 Å². The molecule has 4 rings (SSSR count). The lowest BCUT2D eigenvalue weighted by Crippen LogP contribution is -2.51. The van der Waals surface area contributed by atoms with Crippen molar-refractivity contribution in [3.05, 3.63) is 72.4 Å². The zero-order chi connectivity index (χ0) is 24.5. The van der Waals surface area contributed by atoms with E-state index in [0.717, 1.165) is 16.4 Å². The highest BCUT2D eigenvalue weighted by molar-refractivity contribution is 7.89. The minimum Gasteiger partial charge on any atom is -0.390 e. The first-order chi connectivity index (χ1) is 16.0. The van der Waals surface area contributed by atoms with Crippen LogP contribution >= 0.6 is 0 Å². The lowest BCUT2D eigenvalue weighted by molar-refractivity contribution is -0.137. The van der Waals surface area contributed by atoms with Crippen molar-refractivity contribution in [3.63, 3.8) is 0 Å². The fourth-order valence-electron chi connectivity index (χ4n) is 3.68. The molecule has 1 saturated heterocycles. The predicted molar refractivity (Wildman–Crippen MR) is 116 cm³/mol. The van der Waals surface area contributed by atoms with Crippen molar-refractivity contribution in [1.29, 1.82) is 0 Å². The molecule has 2 unspecified atom stereocenters. The van der Waals surface area contributed by atoms with Gasteiger partial charge in [0.15, 0.2) is 0 Å². The fourth-order valence-corrected chi connectivity index (χ4v) is 5.15. The number of β-amino-alcohol motifs (C(OH)–C–C–N with tert-alkyl or cyclic N) is 1. The molecule has 2 N–H and O–H groups in total. The maximum Gasteiger partial charge on any atom is 0.417 e. The molecule has 0 spiro atoms. The molecule has 0 amide bonds. The summed E-state index contributed by atoms with van der Waals surface area (Å²) in [6.07, 6.45) is -3.38. The second-order valence-electron chi connectivity index (χ2n) is 7.79. The summed E-state index contributed by atoms with van der Waals surface area (Å²) in [4.78, 5) is 7.24. The quantitative estimate of drug-likeness (QED) is 0.415. The van der Waals surface area contributed by atoms with E-state index >= 15 is 0 Å². The van der Waals surface area contributed by atoms with Crippen LogP contribution in [0.25, 0.3) is 11.1 Å². The number of aliphatic hydroxyl groups excluding tert-OH is 1. The van der Waals surface area contributed by atoms with Crippen LogP contribution in [0.3, 0.4) is 0 Å². The van der Waals surface area contributed by atoms with E-state index in [-0.39, 0.29) is 30.2 Å². The summed E-state index contributed by atoms with van der Waals surface area (Å²) < 4.78 is 78.6. The lowest BCUT2D eigenvalue weighted by atomic mass is 10.0. The number of nitrogens with zero attached hydrogens (tertiary/aromatic N) is 3. The van der Waals surface area contributed by atoms with Crippen LogP contribution in [-0.2, 0) is 16.2 Å². The van der Waals surface area contributed by atoms with E-state index in [9.17, 15) is 31.1 Å². The number of alkyl halides is 3. The molecule has 0 saturated carbocycles. The SMILES string of the molecule is O=S(=O)(c1ccc(-c2ccnc(F)c2)cc1)N1CCC(Nc2ccc(C(F)(F)F)cn2)C(O)C1. The van der Waals surface area contributed by atoms with Crippen molar-refractivity contribution in [3.8, 4) is 11.1 Å². The van der Waals surface area contributed by atoms with Crippen molar-refractivity contribution in [2.24, 2.45) is 0 Å². The summed E-state index contributed by atoms with van der Waals surface area (Å²) in [7, 11) is -3.90. The number of rotatable bonds is 5. The molecule has 2 aromatic heterocycles. The highest BCUT2D eigenvalue weighted by atomic mass is 32.2. The van der Waals surface area contributed by atoms with Gasteiger partial charge in [-0.3, -0.25) is 0 Å². The average Bonchev–Trinajstić information content (AvgIpc) is 2.80. The van der Waals surface area contributed by atoms with Crippen LogP contribution in [-0.4, -0.2) is 53.0 Å². The largest absolute Gasteiger partial charge is 0.417 e. The molecule has 34 heavy (non-hydrogen) atoms. The van der Waals surface area contributed by atoms with E-state index in [1.807, 2.05) is 0 Å². The first kappa shape index (κ1) is 24.0. The molecule has 1 fully saturated rings. The van der Waals surface area contributed by atoms with Gasteiger partial charge in [-0.2, -0.15) is 21.9 Å². The number of hydrogen-bond donors (Lipinski definition) is 2. The summed E-state index contributed by atoms with van der Waals surface area (Å²) >= 11 is 0. The van der Waals surface area contributed by atoms with Crippen molar-refractivity contribution in [2.75, 3.05) is 18.4 Å². The third-order valence-corrected chi connectivity index (χ3v) is 7.40. The monoisotopic (exact) mass is 496 g/mol. The van der Waals surface area contributed by atoms with Crippen LogP contribution in [0.5, 0.6) is 0 Å². The number of hydrogen-bond acceptors (Lipinski definition) is 6. The van der Waals surface area contributed by atoms with Crippen molar-refractivity contribution >= 4 is 15.8 Å². The minimum atomic E-state index is -4.50. The van der Waals surface area contributed by atoms with Gasteiger partial charge in [-0.1, -0.05) is 12.1 Å². The Hall–Kier alpha value is -3.09. The Morgan fingerprint density at radius 1 is 1.03 bits per heavy atom. The number of anilines is 1. The van der Waals surface area contributed by atoms with Gasteiger partial charge in [-0.15, -0.1) is 0 Å². The Kier molecular flexibility index (Phi) is 6.56. The number of nitrogens with one attached hydrogen (secondary N) is 1. The highest BCUT2D eigenvalue weighted by Crippen LogP contribution is 2.30. The van der Waals surface area contributed by atoms with Gasteiger partial charge in [0.25, 0.3) is 0 Å². The number of halogens is 4. The predicted octanol–water partition coefficient (Wildman–Crippen LogP) is 3.54. The maximum atomic E-state index is 13.3. The Balaban J connectivity index is 1.42. The second-order valence-corrected chi connectivity index (χ2v) is 9.73. The van der Waals surface area contributed by atoms with E-state index in [1.165, 1.54) is 24.4 Å². The standard InChI is InChI=1S/C22H20F4N4O3S/c23-20-11-15(7-9-27-20)14-1-4-17(5-2-14)34(32,33)30-10-8-18(19(31)13-30)29-21-6-3-16(12-28-21)22(24,25)26/h1-7,9,11-12,18-19,31H,8,10,13H2,(H,28,29). The third-order valence-electron chi connectivity index (χ3n) is 5.52. The Labute approximate surface area is 193 Å². The van der Waals surface area contributed by atoms with Crippen LogP contribution < -0.4 is 5.32 Å². The van der Waals surface area contributed by atoms with Crippen molar-refractivity contribution in [1.82, 2.24) is 14.3 Å². The summed E-state index contributed by atoms with van der Waals surface area (Å²) in [6.45, 7) is -0.104. The molecular formula is C22H20F4N4O3S. The van der Waals surface area contributed by atoms with Crippen LogP contribution in [0.15, 0.2) is 65.8 Å². The summed E-state index contributed by atoms with van der Waals surface area (Å²) in [5.74, 6) is -0.498. The molecule has 1 aromatic carbocycles. The van der Waals surface area contributed by atoms with Gasteiger partial charge < -0.3 is 10.4 Å². The molecule has 0 radical (unpaired) electrons. The van der Waals surface area contributed by atoms with Gasteiger partial charge in [0, 0.05) is 31.5 Å². The molecule has 3 heterocycles. The van der Waals surface area contributed by atoms with Crippen molar-refractivity contribution < 1.29 is 31.1 Å². The van der Waals surface area contributed by atoms with Gasteiger partial charge in [0.2, 0.25) is 16.0 Å². The van der Waals surface area contributed by atoms with E-state index in [1.54, 1.807) is 18.2 Å². The molecule has 0 aliphatic carbocycles. The maximum absolute atomic E-state index is 13.3. The summed E-state index contributed by atoms with van der Waals surface area (Å²) in [5, 5.41) is 13.4. The van der Waals surface area contributed by atoms with Gasteiger partial charge >= 0.3 is 6.18 Å². The zero-order valence-electron chi connectivity index (χ0n) is 17.6. The van der Waals surface area contributed by atoms with Crippen LogP contribution in [0.4, 0.5) is 23.4 Å².